The molecule has 0 fully saturated rings. The van der Waals surface area contributed by atoms with Gasteiger partial charge in [0.1, 0.15) is 19.3 Å². The van der Waals surface area contributed by atoms with Crippen LogP contribution in [-0.4, -0.2) is 96.7 Å². The zero-order chi connectivity index (χ0) is 77.4. The highest BCUT2D eigenvalue weighted by Crippen LogP contribution is 2.45. The first kappa shape index (κ1) is 101. The Hall–Kier alpha value is -5.06. The van der Waals surface area contributed by atoms with E-state index in [0.29, 0.717) is 25.7 Å². The van der Waals surface area contributed by atoms with Crippen molar-refractivity contribution in [2.75, 3.05) is 39.6 Å². The van der Waals surface area contributed by atoms with E-state index < -0.39 is 97.5 Å². The van der Waals surface area contributed by atoms with Crippen LogP contribution in [0.5, 0.6) is 0 Å². The number of carbonyl (C=O) groups is 4. The molecular weight excluding hydrogens is 1380 g/mol. The Morgan fingerprint density at radius 3 is 0.868 bits per heavy atom. The predicted octanol–water partition coefficient (Wildman–Crippen LogP) is 24.2. The van der Waals surface area contributed by atoms with Crippen molar-refractivity contribution in [3.8, 4) is 0 Å². The lowest BCUT2D eigenvalue weighted by molar-refractivity contribution is -0.161. The summed E-state index contributed by atoms with van der Waals surface area (Å²) >= 11 is 0. The molecule has 0 saturated carbocycles. The molecule has 606 valence electrons. The highest BCUT2D eigenvalue weighted by molar-refractivity contribution is 7.47. The summed E-state index contributed by atoms with van der Waals surface area (Å²) in [6.45, 7) is 4.49. The van der Waals surface area contributed by atoms with Crippen LogP contribution in [0.4, 0.5) is 0 Å². The fourth-order valence-electron chi connectivity index (χ4n) is 10.6. The number of esters is 4. The second kappa shape index (κ2) is 78.1. The van der Waals surface area contributed by atoms with Gasteiger partial charge in [0.05, 0.1) is 32.8 Å². The average Bonchev–Trinajstić information content (AvgIpc) is 0.902. The van der Waals surface area contributed by atoms with Crippen molar-refractivity contribution in [3.05, 3.63) is 146 Å². The van der Waals surface area contributed by atoms with Gasteiger partial charge in [-0.1, -0.05) is 296 Å². The minimum atomic E-state index is -5.01. The predicted molar refractivity (Wildman–Crippen MR) is 436 cm³/mol. The van der Waals surface area contributed by atoms with Gasteiger partial charge in [0, 0.05) is 19.3 Å². The van der Waals surface area contributed by atoms with Crippen molar-refractivity contribution in [3.63, 3.8) is 0 Å². The van der Waals surface area contributed by atoms with E-state index in [-0.39, 0.29) is 25.7 Å². The number of ether oxygens (including phenoxy) is 4. The number of rotatable bonds is 76. The third-order valence-electron chi connectivity index (χ3n) is 16.8. The van der Waals surface area contributed by atoms with Crippen LogP contribution < -0.4 is 0 Å². The summed E-state index contributed by atoms with van der Waals surface area (Å²) < 4.78 is 68.5. The summed E-state index contributed by atoms with van der Waals surface area (Å²) in [4.78, 5) is 73.1. The van der Waals surface area contributed by atoms with Crippen molar-refractivity contribution < 1.29 is 80.2 Å². The number of unbranched alkanes of at least 4 members (excludes halogenated alkanes) is 27. The van der Waals surface area contributed by atoms with Gasteiger partial charge >= 0.3 is 39.5 Å². The quantitative estimate of drug-likeness (QED) is 0.0169. The maximum absolute atomic E-state index is 13.1. The molecule has 0 bridgehead atoms. The monoisotopic (exact) mass is 1530 g/mol. The van der Waals surface area contributed by atoms with E-state index in [4.69, 9.17) is 37.0 Å². The Morgan fingerprint density at radius 2 is 0.528 bits per heavy atom. The number of aliphatic hydroxyl groups excluding tert-OH is 1. The maximum atomic E-state index is 13.1. The lowest BCUT2D eigenvalue weighted by Gasteiger charge is -2.21. The van der Waals surface area contributed by atoms with Crippen LogP contribution in [0.2, 0.25) is 0 Å². The average molecular weight is 1530 g/mol. The molecule has 0 aromatic heterocycles. The summed E-state index contributed by atoms with van der Waals surface area (Å²) in [6, 6.07) is 0. The lowest BCUT2D eigenvalue weighted by atomic mass is 10.1. The van der Waals surface area contributed by atoms with E-state index in [1.165, 1.54) is 57.8 Å². The van der Waals surface area contributed by atoms with Crippen LogP contribution in [0.15, 0.2) is 146 Å². The molecule has 0 aliphatic carbocycles. The van der Waals surface area contributed by atoms with Crippen LogP contribution in [0.1, 0.15) is 323 Å². The maximum Gasteiger partial charge on any atom is 0.472 e. The molecule has 0 rings (SSSR count). The van der Waals surface area contributed by atoms with E-state index in [0.717, 1.165) is 186 Å². The summed E-state index contributed by atoms with van der Waals surface area (Å²) in [5, 5.41) is 10.7. The van der Waals surface area contributed by atoms with E-state index in [9.17, 15) is 43.2 Å². The standard InChI is InChI=1S/C87H146O17P2/c1-5-9-13-17-21-25-29-33-37-39-40-42-46-48-52-56-60-64-68-72-85(90)98-78-83(104-87(92)74-70-66-62-58-54-50-44-36-32-28-24-20-16-12-8-4)80-102-106(95,96)100-76-81(88)75-99-105(93,94)101-79-82(103-86(91)73-69-65-61-57-53-49-43-35-31-27-23-19-15-11-7-3)77-97-84(89)71-67-63-59-55-51-47-45-41-38-34-30-26-22-18-14-10-6-2/h10-11,14-15,21-23,25-27,33-38,40,42-44,53,57,65,69,81-83,88H,5-9,12-13,16-20,24,28-32,39,41,45-52,54-56,58-64,66-68,70-80H2,1-4H3,(H,93,94)(H,95,96)/b14-10-,15-11-,25-21-,26-22-,27-23-,37-33-,38-34-,42-40-,43-35-,44-36-,57-53-,69-65-. The molecule has 0 spiro atoms. The number of phosphoric acid groups is 2. The largest absolute Gasteiger partial charge is 0.472 e. The number of phosphoric ester groups is 2. The second-order valence-corrected chi connectivity index (χ2v) is 29.9. The van der Waals surface area contributed by atoms with Crippen LogP contribution >= 0.6 is 15.6 Å². The lowest BCUT2D eigenvalue weighted by Crippen LogP contribution is -2.30. The molecule has 0 aromatic rings. The number of allylic oxidation sites excluding steroid dienone is 23. The highest BCUT2D eigenvalue weighted by Gasteiger charge is 2.30. The van der Waals surface area contributed by atoms with Gasteiger partial charge in [0.25, 0.3) is 0 Å². The number of aliphatic hydroxyl groups is 1. The normalized spacial score (nSPS) is 14.6. The Labute approximate surface area is 643 Å². The molecule has 19 heteroatoms. The van der Waals surface area contributed by atoms with Gasteiger partial charge in [-0.05, 0) is 148 Å². The minimum absolute atomic E-state index is 0.0767. The molecule has 0 aromatic carbocycles. The molecule has 0 radical (unpaired) electrons. The molecule has 0 heterocycles. The third-order valence-corrected chi connectivity index (χ3v) is 18.7. The number of hydrogen-bond acceptors (Lipinski definition) is 15. The topological polar surface area (TPSA) is 237 Å². The van der Waals surface area contributed by atoms with Crippen LogP contribution in [0.3, 0.4) is 0 Å². The van der Waals surface area contributed by atoms with Crippen LogP contribution in [0.25, 0.3) is 0 Å². The van der Waals surface area contributed by atoms with E-state index in [1.807, 2.05) is 12.2 Å². The van der Waals surface area contributed by atoms with Crippen LogP contribution in [0, 0.1) is 0 Å². The number of carbonyl (C=O) groups excluding carboxylic acids is 4. The molecule has 5 unspecified atom stereocenters. The highest BCUT2D eigenvalue weighted by atomic mass is 31.2. The van der Waals surface area contributed by atoms with Crippen molar-refractivity contribution >= 4 is 39.5 Å². The molecule has 3 N–H and O–H groups in total. The molecule has 106 heavy (non-hydrogen) atoms. The molecule has 0 saturated heterocycles. The molecule has 5 atom stereocenters. The van der Waals surface area contributed by atoms with Gasteiger partial charge in [0.15, 0.2) is 12.2 Å². The zero-order valence-corrected chi connectivity index (χ0v) is 68.1. The summed E-state index contributed by atoms with van der Waals surface area (Å²) in [5.41, 5.74) is 0. The van der Waals surface area contributed by atoms with Gasteiger partial charge in [-0.15, -0.1) is 0 Å². The summed E-state index contributed by atoms with van der Waals surface area (Å²) in [6.07, 6.45) is 89.9. The Kier molecular flexibility index (Phi) is 74.3. The summed E-state index contributed by atoms with van der Waals surface area (Å²) in [5.74, 6) is -2.36. The van der Waals surface area contributed by atoms with Gasteiger partial charge in [-0.3, -0.25) is 37.3 Å². The van der Waals surface area contributed by atoms with E-state index in [1.54, 1.807) is 12.2 Å². The first-order chi connectivity index (χ1) is 51.7. The minimum Gasteiger partial charge on any atom is -0.462 e. The van der Waals surface area contributed by atoms with Crippen molar-refractivity contribution in [1.29, 1.82) is 0 Å². The molecule has 0 aliphatic heterocycles. The van der Waals surface area contributed by atoms with Crippen molar-refractivity contribution in [1.82, 2.24) is 0 Å². The first-order valence-corrected chi connectivity index (χ1v) is 44.1. The fraction of sp³-hybridized carbons (Fsp3) is 0.678. The molecule has 17 nitrogen and oxygen atoms in total. The summed E-state index contributed by atoms with van der Waals surface area (Å²) in [7, 11) is -10.0. The molecular formula is C87H146O17P2. The van der Waals surface area contributed by atoms with Crippen molar-refractivity contribution in [2.24, 2.45) is 0 Å². The molecule has 0 amide bonds. The molecule has 0 aliphatic rings. The van der Waals surface area contributed by atoms with Crippen molar-refractivity contribution in [2.45, 2.75) is 341 Å². The Balaban J connectivity index is 5.44. The fourth-order valence-corrected chi connectivity index (χ4v) is 12.2. The van der Waals surface area contributed by atoms with Gasteiger partial charge < -0.3 is 33.8 Å². The number of hydrogen-bond donors (Lipinski definition) is 3. The Morgan fingerprint density at radius 1 is 0.283 bits per heavy atom. The first-order valence-electron chi connectivity index (χ1n) is 41.1. The van der Waals surface area contributed by atoms with Gasteiger partial charge in [-0.2, -0.15) is 0 Å². The zero-order valence-electron chi connectivity index (χ0n) is 66.3. The van der Waals surface area contributed by atoms with Gasteiger partial charge in [0.2, 0.25) is 0 Å². The van der Waals surface area contributed by atoms with E-state index in [2.05, 4.69) is 149 Å². The second-order valence-electron chi connectivity index (χ2n) is 27.0. The van der Waals surface area contributed by atoms with Gasteiger partial charge in [-0.25, -0.2) is 9.13 Å². The SMILES string of the molecule is CC/C=C\C/C=C\C/C=C\C/C=C\C/C=C\CC(=O)OC(COC(=O)CCCCCCCCC/C=C\C/C=C\C/C=C\CC)COP(=O)(O)OCC(O)COP(=O)(O)OCC(COC(=O)CCCCCCCC/C=C\C/C=C\C/C=C\CCCCC)OC(=O)CCCCCCC/C=C\CCCCCCCC. The smallest absolute Gasteiger partial charge is 0.462 e. The third kappa shape index (κ3) is 77.1. The van der Waals surface area contributed by atoms with Crippen LogP contribution in [-0.2, 0) is 65.4 Å². The Bertz CT molecular complexity index is 2580. The van der Waals surface area contributed by atoms with E-state index >= 15 is 0 Å².